The summed E-state index contributed by atoms with van der Waals surface area (Å²) >= 11 is 0. The minimum atomic E-state index is 0.657. The van der Waals surface area contributed by atoms with Crippen LogP contribution in [0.5, 0.6) is 5.88 Å². The molecule has 0 radical (unpaired) electrons. The van der Waals surface area contributed by atoms with Crippen molar-refractivity contribution in [3.8, 4) is 5.88 Å². The second-order valence-electron chi connectivity index (χ2n) is 5.93. The number of aryl methyl sites for hydroxylation is 1. The first-order valence-corrected chi connectivity index (χ1v) is 7.62. The van der Waals surface area contributed by atoms with E-state index in [-0.39, 0.29) is 0 Å². The quantitative estimate of drug-likeness (QED) is 0.888. The van der Waals surface area contributed by atoms with Crippen LogP contribution in [0.1, 0.15) is 31.5 Å². The predicted molar refractivity (Wildman–Crippen MR) is 79.3 cm³/mol. The molecule has 0 aromatic carbocycles. The molecule has 0 bridgehead atoms. The van der Waals surface area contributed by atoms with Crippen molar-refractivity contribution in [3.63, 3.8) is 0 Å². The first-order chi connectivity index (χ1) is 9.74. The van der Waals surface area contributed by atoms with Gasteiger partial charge in [-0.25, -0.2) is 4.98 Å². The number of ether oxygens (including phenoxy) is 1. The van der Waals surface area contributed by atoms with E-state index >= 15 is 0 Å². The van der Waals surface area contributed by atoms with Crippen LogP contribution in [0.3, 0.4) is 0 Å². The summed E-state index contributed by atoms with van der Waals surface area (Å²) in [6, 6.07) is 2.76. The number of nitrogens with one attached hydrogen (secondary N) is 1. The average molecular weight is 276 g/mol. The van der Waals surface area contributed by atoms with Gasteiger partial charge in [0.2, 0.25) is 5.88 Å². The Kier molecular flexibility index (Phi) is 4.05. The van der Waals surface area contributed by atoms with Crippen LogP contribution in [0, 0.1) is 12.8 Å². The van der Waals surface area contributed by atoms with Gasteiger partial charge in [0.25, 0.3) is 0 Å². The summed E-state index contributed by atoms with van der Waals surface area (Å²) in [5.41, 5.74) is 0. The lowest BCUT2D eigenvalue weighted by Gasteiger charge is -2.33. The molecule has 1 aliphatic carbocycles. The van der Waals surface area contributed by atoms with E-state index in [0.717, 1.165) is 36.7 Å². The summed E-state index contributed by atoms with van der Waals surface area (Å²) in [7, 11) is 1.65. The summed E-state index contributed by atoms with van der Waals surface area (Å²) in [5, 5.41) is 3.64. The Hall–Kier alpha value is -1.36. The molecule has 1 saturated carbocycles. The van der Waals surface area contributed by atoms with E-state index in [1.807, 2.05) is 13.0 Å². The number of hydrogen-bond donors (Lipinski definition) is 1. The van der Waals surface area contributed by atoms with Gasteiger partial charge in [0.05, 0.1) is 7.11 Å². The number of methoxy groups -OCH3 is 1. The van der Waals surface area contributed by atoms with Gasteiger partial charge >= 0.3 is 0 Å². The van der Waals surface area contributed by atoms with E-state index in [9.17, 15) is 0 Å². The predicted octanol–water partition coefficient (Wildman–Crippen LogP) is 1.76. The Morgan fingerprint density at radius 3 is 2.65 bits per heavy atom. The van der Waals surface area contributed by atoms with E-state index in [0.29, 0.717) is 5.88 Å². The molecule has 0 unspecified atom stereocenters. The van der Waals surface area contributed by atoms with Gasteiger partial charge in [-0.1, -0.05) is 0 Å². The highest BCUT2D eigenvalue weighted by Crippen LogP contribution is 2.25. The van der Waals surface area contributed by atoms with E-state index in [4.69, 9.17) is 4.74 Å². The van der Waals surface area contributed by atoms with Crippen LogP contribution >= 0.6 is 0 Å². The van der Waals surface area contributed by atoms with Crippen LogP contribution in [0.25, 0.3) is 0 Å². The van der Waals surface area contributed by atoms with Crippen molar-refractivity contribution in [2.45, 2.75) is 38.6 Å². The number of hydrogen-bond acceptors (Lipinski definition) is 5. The molecule has 0 atom stereocenters. The number of anilines is 1. The van der Waals surface area contributed by atoms with Gasteiger partial charge in [0.1, 0.15) is 11.6 Å². The van der Waals surface area contributed by atoms with Gasteiger partial charge in [-0.2, -0.15) is 4.98 Å². The molecule has 1 aliphatic heterocycles. The van der Waals surface area contributed by atoms with Crippen LogP contribution in [0.15, 0.2) is 6.07 Å². The lowest BCUT2D eigenvalue weighted by atomic mass is 9.97. The minimum Gasteiger partial charge on any atom is -0.481 e. The fourth-order valence-corrected chi connectivity index (χ4v) is 2.78. The smallest absolute Gasteiger partial charge is 0.218 e. The Morgan fingerprint density at radius 2 is 2.00 bits per heavy atom. The topological polar surface area (TPSA) is 50.3 Å². The Balaban J connectivity index is 1.55. The summed E-state index contributed by atoms with van der Waals surface area (Å²) in [6.07, 6.45) is 5.23. The number of piperidine rings is 1. The monoisotopic (exact) mass is 276 g/mol. The molecule has 3 rings (SSSR count). The maximum Gasteiger partial charge on any atom is 0.218 e. The van der Waals surface area contributed by atoms with E-state index in [1.165, 1.54) is 32.2 Å². The fourth-order valence-electron chi connectivity index (χ4n) is 2.78. The van der Waals surface area contributed by atoms with E-state index < -0.39 is 0 Å². The Bertz CT molecular complexity index is 453. The molecule has 2 fully saturated rings. The molecule has 5 heteroatoms. The maximum atomic E-state index is 5.23. The van der Waals surface area contributed by atoms with E-state index in [1.54, 1.807) is 7.11 Å². The van der Waals surface area contributed by atoms with Crippen LogP contribution in [-0.2, 0) is 0 Å². The van der Waals surface area contributed by atoms with Crippen molar-refractivity contribution in [1.82, 2.24) is 15.3 Å². The van der Waals surface area contributed by atoms with Gasteiger partial charge in [0.15, 0.2) is 0 Å². The molecular formula is C15H24N4O. The molecule has 0 amide bonds. The standard InChI is InChI=1S/C15H24N4O/c1-11-17-14(9-15(18-11)20-2)19-7-5-12(6-8-19)10-16-13-3-4-13/h9,12-13,16H,3-8,10H2,1-2H3. The number of nitrogens with zero attached hydrogens (tertiary/aromatic N) is 3. The lowest BCUT2D eigenvalue weighted by Crippen LogP contribution is -2.38. The van der Waals surface area contributed by atoms with Gasteiger partial charge in [-0.3, -0.25) is 0 Å². The van der Waals surface area contributed by atoms with Gasteiger partial charge in [0, 0.05) is 25.2 Å². The summed E-state index contributed by atoms with van der Waals surface area (Å²) in [6.45, 7) is 5.26. The highest BCUT2D eigenvalue weighted by molar-refractivity contribution is 5.42. The average Bonchev–Trinajstić information content (AvgIpc) is 3.29. The molecule has 1 N–H and O–H groups in total. The molecule has 20 heavy (non-hydrogen) atoms. The largest absolute Gasteiger partial charge is 0.481 e. The maximum absolute atomic E-state index is 5.23. The number of aromatic nitrogens is 2. The van der Waals surface area contributed by atoms with Crippen molar-refractivity contribution in [3.05, 3.63) is 11.9 Å². The Morgan fingerprint density at radius 1 is 1.25 bits per heavy atom. The third-order valence-corrected chi connectivity index (χ3v) is 4.22. The van der Waals surface area contributed by atoms with Crippen molar-refractivity contribution < 1.29 is 4.74 Å². The molecule has 1 saturated heterocycles. The molecule has 1 aromatic rings. The van der Waals surface area contributed by atoms with Crippen LogP contribution in [0.2, 0.25) is 0 Å². The minimum absolute atomic E-state index is 0.657. The second kappa shape index (κ2) is 5.95. The SMILES string of the molecule is COc1cc(N2CCC(CNC3CC3)CC2)nc(C)n1. The van der Waals surface area contributed by atoms with Crippen molar-refractivity contribution >= 4 is 5.82 Å². The molecule has 2 aliphatic rings. The second-order valence-corrected chi connectivity index (χ2v) is 5.93. The zero-order valence-electron chi connectivity index (χ0n) is 12.4. The van der Waals surface area contributed by atoms with E-state index in [2.05, 4.69) is 20.2 Å². The van der Waals surface area contributed by atoms with Crippen molar-refractivity contribution in [1.29, 1.82) is 0 Å². The third kappa shape index (κ3) is 3.39. The first-order valence-electron chi connectivity index (χ1n) is 7.62. The molecule has 110 valence electrons. The first kappa shape index (κ1) is 13.6. The van der Waals surface area contributed by atoms with Crippen LogP contribution < -0.4 is 15.0 Å². The van der Waals surface area contributed by atoms with Gasteiger partial charge in [-0.05, 0) is 45.1 Å². The summed E-state index contributed by atoms with van der Waals surface area (Å²) < 4.78 is 5.23. The highest BCUT2D eigenvalue weighted by Gasteiger charge is 2.25. The Labute approximate surface area is 120 Å². The molecule has 2 heterocycles. The van der Waals surface area contributed by atoms with Crippen LogP contribution in [0.4, 0.5) is 5.82 Å². The normalized spacial score (nSPS) is 20.2. The zero-order chi connectivity index (χ0) is 13.9. The third-order valence-electron chi connectivity index (χ3n) is 4.22. The highest BCUT2D eigenvalue weighted by atomic mass is 16.5. The molecule has 1 aromatic heterocycles. The summed E-state index contributed by atoms with van der Waals surface area (Å²) in [4.78, 5) is 11.1. The fraction of sp³-hybridized carbons (Fsp3) is 0.733. The van der Waals surface area contributed by atoms with Crippen LogP contribution in [-0.4, -0.2) is 42.8 Å². The van der Waals surface area contributed by atoms with Gasteiger partial charge in [-0.15, -0.1) is 0 Å². The van der Waals surface area contributed by atoms with Gasteiger partial charge < -0.3 is 15.0 Å². The molecule has 0 spiro atoms. The van der Waals surface area contributed by atoms with Crippen molar-refractivity contribution in [2.75, 3.05) is 31.6 Å². The molecule has 5 nitrogen and oxygen atoms in total. The lowest BCUT2D eigenvalue weighted by molar-refractivity contribution is 0.378. The zero-order valence-corrected chi connectivity index (χ0v) is 12.4. The number of rotatable bonds is 5. The molecular weight excluding hydrogens is 252 g/mol. The van der Waals surface area contributed by atoms with Crippen molar-refractivity contribution in [2.24, 2.45) is 5.92 Å². The summed E-state index contributed by atoms with van der Waals surface area (Å²) in [5.74, 6) is 3.25.